The summed E-state index contributed by atoms with van der Waals surface area (Å²) in [6, 6.07) is 0. The Morgan fingerprint density at radius 1 is 1.00 bits per heavy atom. The summed E-state index contributed by atoms with van der Waals surface area (Å²) in [5.41, 5.74) is 0. The van der Waals surface area contributed by atoms with Gasteiger partial charge in [-0.05, 0) is 0 Å². The van der Waals surface area contributed by atoms with Crippen molar-refractivity contribution in [1.29, 1.82) is 0 Å². The van der Waals surface area contributed by atoms with Crippen LogP contribution in [0.5, 0.6) is 0 Å². The molecule has 0 fully saturated rings. The Labute approximate surface area is 94.9 Å². The molecule has 2 aliphatic rings. The molecule has 11 heavy (non-hydrogen) atoms. The molecule has 0 atom stereocenters. The Morgan fingerprint density at radius 3 is 1.64 bits per heavy atom. The van der Waals surface area contributed by atoms with E-state index in [-0.39, 0.29) is 45.9 Å². The van der Waals surface area contributed by atoms with Gasteiger partial charge in [0.2, 0.25) is 0 Å². The summed E-state index contributed by atoms with van der Waals surface area (Å²) in [6.45, 7) is 0. The minimum absolute atomic E-state index is 0. The van der Waals surface area contributed by atoms with E-state index < -0.39 is 0 Å². The summed E-state index contributed by atoms with van der Waals surface area (Å²) in [5, 5.41) is 0. The third kappa shape index (κ3) is 18.0. The first-order chi connectivity index (χ1) is 4.00. The molecular formula is C8H8Cl2Mo. The van der Waals surface area contributed by atoms with E-state index in [0.717, 1.165) is 12.8 Å². The summed E-state index contributed by atoms with van der Waals surface area (Å²) in [7, 11) is 0. The first kappa shape index (κ1) is 17.5. The van der Waals surface area contributed by atoms with Crippen LogP contribution < -0.4 is 24.8 Å². The van der Waals surface area contributed by atoms with Crippen LogP contribution >= 0.6 is 0 Å². The minimum atomic E-state index is 0. The van der Waals surface area contributed by atoms with Crippen molar-refractivity contribution in [1.82, 2.24) is 0 Å². The zero-order valence-electron chi connectivity index (χ0n) is 5.89. The average molecular weight is 271 g/mol. The van der Waals surface area contributed by atoms with Crippen molar-refractivity contribution in [3.63, 3.8) is 0 Å². The maximum atomic E-state index is 2.99. The van der Waals surface area contributed by atoms with Crippen LogP contribution in [0.15, 0.2) is 24.3 Å². The van der Waals surface area contributed by atoms with Crippen LogP contribution in [0.1, 0.15) is 12.8 Å². The van der Waals surface area contributed by atoms with Crippen LogP contribution in [0.25, 0.3) is 0 Å². The fourth-order valence-electron chi connectivity index (χ4n) is 0.340. The molecule has 0 radical (unpaired) electrons. The van der Waals surface area contributed by atoms with Gasteiger partial charge in [0.25, 0.3) is 0 Å². The first-order valence-corrected chi connectivity index (χ1v) is 2.77. The number of hydrogen-bond donors (Lipinski definition) is 0. The maximum absolute atomic E-state index is 2.99. The van der Waals surface area contributed by atoms with Crippen LogP contribution in [-0.4, -0.2) is 0 Å². The quantitative estimate of drug-likeness (QED) is 0.312. The molecule has 0 N–H and O–H groups in total. The molecule has 0 aliphatic heterocycles. The first-order valence-electron chi connectivity index (χ1n) is 2.77. The Kier molecular flexibility index (Phi) is 20.9. The molecule has 0 spiro atoms. The molecule has 0 aromatic carbocycles. The third-order valence-electron chi connectivity index (χ3n) is 0.790. The normalized spacial score (nSPS) is 13.1. The molecule has 0 saturated carbocycles. The van der Waals surface area contributed by atoms with Gasteiger partial charge >= 0.3 is 21.1 Å². The number of allylic oxidation sites excluding steroid dienone is 6. The van der Waals surface area contributed by atoms with Crippen molar-refractivity contribution >= 4 is 0 Å². The predicted molar refractivity (Wildman–Crippen MR) is 34.0 cm³/mol. The van der Waals surface area contributed by atoms with Crippen LogP contribution in [0.3, 0.4) is 0 Å². The Hall–Kier alpha value is 0.488. The van der Waals surface area contributed by atoms with Crippen molar-refractivity contribution in [3.05, 3.63) is 36.5 Å². The van der Waals surface area contributed by atoms with Gasteiger partial charge in [-0.2, -0.15) is 6.08 Å². The summed E-state index contributed by atoms with van der Waals surface area (Å²) in [6.07, 6.45) is 16.0. The monoisotopic (exact) mass is 272 g/mol. The van der Waals surface area contributed by atoms with Gasteiger partial charge in [0.05, 0.1) is 0 Å². The molecule has 0 nitrogen and oxygen atoms in total. The zero-order valence-corrected chi connectivity index (χ0v) is 9.41. The van der Waals surface area contributed by atoms with Gasteiger partial charge in [-0.15, -0.1) is 6.42 Å². The molecule has 0 aromatic heterocycles. The summed E-state index contributed by atoms with van der Waals surface area (Å²) in [5.74, 6) is 0. The summed E-state index contributed by atoms with van der Waals surface area (Å²) in [4.78, 5) is 0. The molecule has 0 bridgehead atoms. The van der Waals surface area contributed by atoms with Crippen molar-refractivity contribution in [2.45, 2.75) is 12.8 Å². The molecule has 2 aliphatic carbocycles. The molecule has 0 heterocycles. The van der Waals surface area contributed by atoms with Crippen molar-refractivity contribution in [2.75, 3.05) is 0 Å². The van der Waals surface area contributed by atoms with E-state index in [1.165, 1.54) is 0 Å². The Morgan fingerprint density at radius 2 is 1.55 bits per heavy atom. The fourth-order valence-corrected chi connectivity index (χ4v) is 0.340. The van der Waals surface area contributed by atoms with Gasteiger partial charge in [-0.25, -0.2) is 18.6 Å². The van der Waals surface area contributed by atoms with E-state index in [2.05, 4.69) is 18.2 Å². The molecule has 60 valence electrons. The fraction of sp³-hybridized carbons (Fsp3) is 0.250. The maximum Gasteiger partial charge on any atom is 4.00 e. The van der Waals surface area contributed by atoms with Gasteiger partial charge in [-0.3, -0.25) is 12.2 Å². The smallest absolute Gasteiger partial charge is 1.00 e. The molecule has 3 heteroatoms. The molecule has 0 unspecified atom stereocenters. The van der Waals surface area contributed by atoms with Gasteiger partial charge in [0.1, 0.15) is 0 Å². The Bertz CT molecular complexity index is 125. The third-order valence-corrected chi connectivity index (χ3v) is 0.790. The van der Waals surface area contributed by atoms with Crippen molar-refractivity contribution in [3.8, 4) is 0 Å². The average Bonchev–Trinajstić information content (AvgIpc) is 2.55. The standard InChI is InChI=1S/C5H5.C3H3.2ClH.Mo/c1-2-4-5-3-1;1-2-3-1;;;/h1-3H,4H2;1H,2H2;2*1H;/q2*-1;;;+4/p-2. The molecule has 0 aromatic rings. The van der Waals surface area contributed by atoms with E-state index in [0.29, 0.717) is 0 Å². The Balaban J connectivity index is -0.0000000967. The van der Waals surface area contributed by atoms with Crippen LogP contribution in [0.4, 0.5) is 0 Å². The van der Waals surface area contributed by atoms with Gasteiger partial charge < -0.3 is 30.9 Å². The molecule has 0 saturated heterocycles. The number of halogens is 2. The van der Waals surface area contributed by atoms with Crippen LogP contribution in [0.2, 0.25) is 0 Å². The van der Waals surface area contributed by atoms with E-state index >= 15 is 0 Å². The predicted octanol–water partition coefficient (Wildman–Crippen LogP) is -3.94. The van der Waals surface area contributed by atoms with Crippen molar-refractivity contribution < 1.29 is 45.9 Å². The van der Waals surface area contributed by atoms with Crippen LogP contribution in [-0.2, 0) is 21.1 Å². The van der Waals surface area contributed by atoms with Gasteiger partial charge in [-0.1, -0.05) is 0 Å². The minimum Gasteiger partial charge on any atom is -1.00 e. The van der Waals surface area contributed by atoms with E-state index in [4.69, 9.17) is 0 Å². The second kappa shape index (κ2) is 13.1. The molecular weight excluding hydrogens is 263 g/mol. The summed E-state index contributed by atoms with van der Waals surface area (Å²) < 4.78 is 0. The topological polar surface area (TPSA) is 0 Å². The van der Waals surface area contributed by atoms with Gasteiger partial charge in [0.15, 0.2) is 0 Å². The molecule has 2 rings (SSSR count). The SMILES string of the molecule is [C-]1=CC1.[C-]1=CC=CC1.[Cl-].[Cl-].[Mo+4]. The second-order valence-electron chi connectivity index (χ2n) is 1.62. The van der Waals surface area contributed by atoms with E-state index in [9.17, 15) is 0 Å². The van der Waals surface area contributed by atoms with Gasteiger partial charge in [0, 0.05) is 0 Å². The van der Waals surface area contributed by atoms with E-state index in [1.54, 1.807) is 0 Å². The second-order valence-corrected chi connectivity index (χ2v) is 1.62. The summed E-state index contributed by atoms with van der Waals surface area (Å²) >= 11 is 0. The molecule has 0 amide bonds. The zero-order chi connectivity index (χ0) is 5.66. The number of hydrogen-bond acceptors (Lipinski definition) is 0. The van der Waals surface area contributed by atoms with Crippen molar-refractivity contribution in [2.24, 2.45) is 0 Å². The number of rotatable bonds is 0. The van der Waals surface area contributed by atoms with Crippen LogP contribution in [0, 0.1) is 12.2 Å². The van der Waals surface area contributed by atoms with E-state index in [1.807, 2.05) is 18.2 Å². The largest absolute Gasteiger partial charge is 4.00 e.